The Bertz CT molecular complexity index is 980. The molecule has 0 bridgehead atoms. The highest BCUT2D eigenvalue weighted by atomic mass is 32.1. The van der Waals surface area contributed by atoms with Gasteiger partial charge in [-0.2, -0.15) is 18.3 Å². The van der Waals surface area contributed by atoms with Gasteiger partial charge in [-0.05, 0) is 42.1 Å². The van der Waals surface area contributed by atoms with Crippen molar-refractivity contribution in [3.8, 4) is 0 Å². The lowest BCUT2D eigenvalue weighted by Gasteiger charge is -2.23. The maximum atomic E-state index is 13.1. The van der Waals surface area contributed by atoms with E-state index in [9.17, 15) is 13.2 Å². The second-order valence-corrected chi connectivity index (χ2v) is 7.55. The van der Waals surface area contributed by atoms with Crippen LogP contribution >= 0.6 is 12.2 Å². The van der Waals surface area contributed by atoms with Crippen molar-refractivity contribution in [1.29, 1.82) is 0 Å². The minimum Gasteiger partial charge on any atom is -0.347 e. The van der Waals surface area contributed by atoms with E-state index in [-0.39, 0.29) is 16.2 Å². The molecule has 2 N–H and O–H groups in total. The Morgan fingerprint density at radius 2 is 1.76 bits per heavy atom. The topological polar surface area (TPSA) is 39.7 Å². The van der Waals surface area contributed by atoms with E-state index in [1.807, 2.05) is 25.3 Å². The van der Waals surface area contributed by atoms with Crippen molar-refractivity contribution in [3.63, 3.8) is 0 Å². The van der Waals surface area contributed by atoms with Crippen molar-refractivity contribution in [3.05, 3.63) is 71.4 Å². The van der Waals surface area contributed by atoms with E-state index < -0.39 is 11.7 Å². The van der Waals surface area contributed by atoms with Crippen molar-refractivity contribution in [1.82, 2.24) is 5.43 Å². The number of benzene rings is 2. The fourth-order valence-electron chi connectivity index (χ4n) is 3.50. The number of halogens is 3. The first-order valence-electron chi connectivity index (χ1n) is 8.92. The molecule has 3 rings (SSSR count). The highest BCUT2D eigenvalue weighted by Gasteiger charge is 2.37. The molecule has 152 valence electrons. The average molecular weight is 418 g/mol. The summed E-state index contributed by atoms with van der Waals surface area (Å²) in [6, 6.07) is 13.3. The maximum Gasteiger partial charge on any atom is 0.418 e. The minimum absolute atomic E-state index is 0.0290. The fourth-order valence-corrected chi connectivity index (χ4v) is 3.66. The smallest absolute Gasteiger partial charge is 0.347 e. The number of hydrogen-bond acceptors (Lipinski definition) is 3. The molecule has 1 heterocycles. The van der Waals surface area contributed by atoms with Gasteiger partial charge in [0.25, 0.3) is 0 Å². The summed E-state index contributed by atoms with van der Waals surface area (Å²) in [5, 5.41) is 6.53. The molecule has 1 aliphatic rings. The molecule has 0 aromatic heterocycles. The molecule has 0 atom stereocenters. The standard InChI is InChI=1S/C21H21F3N4S/c1-20(2)15-9-5-7-11-17(15)28(3)18(20)12-13-25-27-19(29)26-16-10-6-4-8-14(16)21(22,23)24/h4-13H,1-3H3,(H2,26,27,29)/b18-12-,25-13+. The van der Waals surface area contributed by atoms with Crippen molar-refractivity contribution < 1.29 is 13.2 Å². The Balaban J connectivity index is 1.68. The number of allylic oxidation sites excluding steroid dienone is 2. The van der Waals surface area contributed by atoms with Crippen molar-refractivity contribution in [2.45, 2.75) is 25.4 Å². The van der Waals surface area contributed by atoms with Gasteiger partial charge < -0.3 is 10.2 Å². The predicted molar refractivity (Wildman–Crippen MR) is 115 cm³/mol. The number of nitrogens with zero attached hydrogens (tertiary/aromatic N) is 2. The lowest BCUT2D eigenvalue weighted by molar-refractivity contribution is -0.136. The first-order valence-corrected chi connectivity index (χ1v) is 9.33. The molecule has 0 aliphatic carbocycles. The number of rotatable bonds is 3. The van der Waals surface area contributed by atoms with Gasteiger partial charge in [0, 0.05) is 30.1 Å². The summed E-state index contributed by atoms with van der Waals surface area (Å²) in [6.07, 6.45) is -1.07. The molecule has 0 amide bonds. The van der Waals surface area contributed by atoms with Gasteiger partial charge in [-0.1, -0.05) is 44.2 Å². The zero-order chi connectivity index (χ0) is 21.2. The van der Waals surface area contributed by atoms with Crippen LogP contribution < -0.4 is 15.6 Å². The molecule has 4 nitrogen and oxygen atoms in total. The number of hydrazone groups is 1. The van der Waals surface area contributed by atoms with Crippen LogP contribution in [-0.2, 0) is 11.6 Å². The molecule has 2 aromatic rings. The third-order valence-electron chi connectivity index (χ3n) is 4.89. The first-order chi connectivity index (χ1) is 13.6. The fraction of sp³-hybridized carbons (Fsp3) is 0.238. The lowest BCUT2D eigenvalue weighted by Crippen LogP contribution is -2.26. The molecular formula is C21H21F3N4S. The highest BCUT2D eigenvalue weighted by Crippen LogP contribution is 2.46. The Labute approximate surface area is 173 Å². The van der Waals surface area contributed by atoms with Crippen LogP contribution in [0, 0.1) is 0 Å². The molecule has 29 heavy (non-hydrogen) atoms. The number of nitrogens with one attached hydrogen (secondary N) is 2. The second kappa shape index (κ2) is 7.87. The van der Waals surface area contributed by atoms with Crippen molar-refractivity contribution >= 4 is 34.9 Å². The number of para-hydroxylation sites is 2. The van der Waals surface area contributed by atoms with Gasteiger partial charge in [-0.15, -0.1) is 0 Å². The van der Waals surface area contributed by atoms with Crippen LogP contribution in [0.5, 0.6) is 0 Å². The normalized spacial score (nSPS) is 16.9. The molecule has 8 heteroatoms. The average Bonchev–Trinajstić information content (AvgIpc) is 2.85. The van der Waals surface area contributed by atoms with Gasteiger partial charge in [-0.3, -0.25) is 5.43 Å². The van der Waals surface area contributed by atoms with Crippen LogP contribution in [0.3, 0.4) is 0 Å². The number of likely N-dealkylation sites (N-methyl/N-ethyl adjacent to an activating group) is 1. The largest absolute Gasteiger partial charge is 0.418 e. The summed E-state index contributed by atoms with van der Waals surface area (Å²) in [6.45, 7) is 4.26. The molecule has 0 unspecified atom stereocenters. The zero-order valence-electron chi connectivity index (χ0n) is 16.2. The summed E-state index contributed by atoms with van der Waals surface area (Å²) in [5.41, 5.74) is 4.84. The summed E-state index contributed by atoms with van der Waals surface area (Å²) in [5.74, 6) is 0. The second-order valence-electron chi connectivity index (χ2n) is 7.14. The van der Waals surface area contributed by atoms with E-state index in [1.54, 1.807) is 6.21 Å². The summed E-state index contributed by atoms with van der Waals surface area (Å²) < 4.78 is 39.2. The van der Waals surface area contributed by atoms with Gasteiger partial charge in [0.15, 0.2) is 5.11 Å². The van der Waals surface area contributed by atoms with Crippen LogP contribution in [0.15, 0.2) is 65.4 Å². The Kier molecular flexibility index (Phi) is 5.66. The van der Waals surface area contributed by atoms with E-state index in [1.165, 1.54) is 23.8 Å². The molecule has 0 radical (unpaired) electrons. The van der Waals surface area contributed by atoms with E-state index >= 15 is 0 Å². The van der Waals surface area contributed by atoms with Gasteiger partial charge >= 0.3 is 6.18 Å². The van der Waals surface area contributed by atoms with Crippen molar-refractivity contribution in [2.24, 2.45) is 5.10 Å². The minimum atomic E-state index is -4.47. The molecule has 0 saturated heterocycles. The summed E-state index contributed by atoms with van der Waals surface area (Å²) in [7, 11) is 1.99. The van der Waals surface area contributed by atoms with Gasteiger partial charge in [0.1, 0.15) is 0 Å². The van der Waals surface area contributed by atoms with Gasteiger partial charge in [0.2, 0.25) is 0 Å². The molecule has 0 fully saturated rings. The third-order valence-corrected chi connectivity index (χ3v) is 5.09. The number of alkyl halides is 3. The quantitative estimate of drug-likeness (QED) is 0.404. The highest BCUT2D eigenvalue weighted by molar-refractivity contribution is 7.80. The third kappa shape index (κ3) is 4.27. The zero-order valence-corrected chi connectivity index (χ0v) is 17.0. The van der Waals surface area contributed by atoms with Gasteiger partial charge in [-0.25, -0.2) is 0 Å². The number of anilines is 2. The molecule has 1 aliphatic heterocycles. The first kappa shape index (κ1) is 20.9. The molecule has 0 spiro atoms. The van der Waals surface area contributed by atoms with E-state index in [4.69, 9.17) is 12.2 Å². The van der Waals surface area contributed by atoms with E-state index in [0.717, 1.165) is 17.5 Å². The summed E-state index contributed by atoms with van der Waals surface area (Å²) in [4.78, 5) is 2.09. The van der Waals surface area contributed by atoms with Gasteiger partial charge in [0.05, 0.1) is 11.3 Å². The summed E-state index contributed by atoms with van der Waals surface area (Å²) >= 11 is 5.06. The van der Waals surface area contributed by atoms with Crippen LogP contribution in [0.2, 0.25) is 0 Å². The van der Waals surface area contributed by atoms with Crippen LogP contribution in [0.4, 0.5) is 24.5 Å². The monoisotopic (exact) mass is 418 g/mol. The van der Waals surface area contributed by atoms with Crippen LogP contribution in [0.25, 0.3) is 0 Å². The predicted octanol–water partition coefficient (Wildman–Crippen LogP) is 5.29. The Morgan fingerprint density at radius 3 is 2.45 bits per heavy atom. The van der Waals surface area contributed by atoms with Crippen LogP contribution in [-0.4, -0.2) is 18.4 Å². The number of thiocarbonyl (C=S) groups is 1. The number of fused-ring (bicyclic) bond motifs is 1. The van der Waals surface area contributed by atoms with E-state index in [2.05, 4.69) is 46.7 Å². The molecular weight excluding hydrogens is 397 g/mol. The molecule has 0 saturated carbocycles. The number of hydrogen-bond donors (Lipinski definition) is 2. The van der Waals surface area contributed by atoms with Crippen LogP contribution in [0.1, 0.15) is 25.0 Å². The SMILES string of the molecule is CN1/C(=C\C=N\NC(=S)Nc2ccccc2C(F)(F)F)C(C)(C)c2ccccc21. The van der Waals surface area contributed by atoms with Crippen molar-refractivity contribution in [2.75, 3.05) is 17.3 Å². The lowest BCUT2D eigenvalue weighted by atomic mass is 9.84. The Morgan fingerprint density at radius 1 is 1.10 bits per heavy atom. The Hall–Kier alpha value is -2.87. The van der Waals surface area contributed by atoms with E-state index in [0.29, 0.717) is 0 Å². The maximum absolute atomic E-state index is 13.1. The molecule has 2 aromatic carbocycles.